The number of fused-ring (bicyclic) bond motifs is 2. The van der Waals surface area contributed by atoms with Crippen LogP contribution in [0.25, 0.3) is 16.8 Å². The summed E-state index contributed by atoms with van der Waals surface area (Å²) in [4.78, 5) is 34.1. The van der Waals surface area contributed by atoms with Crippen LogP contribution >= 0.6 is 23.1 Å². The van der Waals surface area contributed by atoms with E-state index in [2.05, 4.69) is 0 Å². The van der Waals surface area contributed by atoms with Crippen molar-refractivity contribution in [2.75, 3.05) is 6.26 Å². The normalized spacial score (nSPS) is 14.9. The molecule has 4 aromatic carbocycles. The molecule has 0 saturated carbocycles. The number of thiazole rings is 1. The number of hydrogen-bond acceptors (Lipinski definition) is 7. The maximum atomic E-state index is 14.3. The molecule has 6 nitrogen and oxygen atoms in total. The molecule has 0 radical (unpaired) electrons. The van der Waals surface area contributed by atoms with Crippen molar-refractivity contribution in [1.82, 2.24) is 4.57 Å². The molecule has 6 rings (SSSR count). The first-order valence-electron chi connectivity index (χ1n) is 14.4. The molecule has 0 bridgehead atoms. The van der Waals surface area contributed by atoms with E-state index < -0.39 is 12.0 Å². The molecule has 0 amide bonds. The van der Waals surface area contributed by atoms with E-state index in [4.69, 9.17) is 14.5 Å². The highest BCUT2D eigenvalue weighted by Crippen LogP contribution is 2.33. The summed E-state index contributed by atoms with van der Waals surface area (Å²) in [5.74, 6) is 0.208. The molecule has 1 atom stereocenters. The van der Waals surface area contributed by atoms with E-state index in [-0.39, 0.29) is 11.7 Å². The van der Waals surface area contributed by atoms with Gasteiger partial charge in [0.2, 0.25) is 0 Å². The molecule has 0 aliphatic carbocycles. The Morgan fingerprint density at radius 2 is 1.73 bits per heavy atom. The van der Waals surface area contributed by atoms with Crippen molar-refractivity contribution >= 4 is 45.9 Å². The van der Waals surface area contributed by atoms with Crippen molar-refractivity contribution in [2.45, 2.75) is 44.4 Å². The number of benzene rings is 4. The van der Waals surface area contributed by atoms with Gasteiger partial charge in [0.25, 0.3) is 5.56 Å². The molecule has 2 heterocycles. The van der Waals surface area contributed by atoms with Gasteiger partial charge in [-0.2, -0.15) is 0 Å². The first kappa shape index (κ1) is 29.7. The zero-order valence-electron chi connectivity index (χ0n) is 24.9. The lowest BCUT2D eigenvalue weighted by Crippen LogP contribution is -2.40. The van der Waals surface area contributed by atoms with Gasteiger partial charge in [-0.25, -0.2) is 9.79 Å². The first-order chi connectivity index (χ1) is 21.3. The number of aromatic nitrogens is 1. The SMILES string of the molecule is CSc1ccc([C@H]2C(C(=O)OC(C)C)=C(C)N=c3s/c(=C\c4c(OCc5ccccc5)ccc5ccccc45)c(=O)n32)cc1. The largest absolute Gasteiger partial charge is 0.488 e. The third kappa shape index (κ3) is 5.87. The van der Waals surface area contributed by atoms with Gasteiger partial charge in [-0.05, 0) is 73.2 Å². The predicted molar refractivity (Wildman–Crippen MR) is 178 cm³/mol. The van der Waals surface area contributed by atoms with Crippen LogP contribution in [0.3, 0.4) is 0 Å². The number of carbonyl (C=O) groups is 1. The minimum Gasteiger partial charge on any atom is -0.488 e. The summed E-state index contributed by atoms with van der Waals surface area (Å²) in [7, 11) is 0. The average molecular weight is 621 g/mol. The van der Waals surface area contributed by atoms with Crippen LogP contribution < -0.4 is 19.6 Å². The van der Waals surface area contributed by atoms with E-state index in [0.717, 1.165) is 32.4 Å². The van der Waals surface area contributed by atoms with E-state index in [1.54, 1.807) is 23.3 Å². The second-order valence-electron chi connectivity index (χ2n) is 10.8. The predicted octanol–water partition coefficient (Wildman–Crippen LogP) is 6.64. The highest BCUT2D eigenvalue weighted by Gasteiger charge is 2.33. The number of allylic oxidation sites excluding steroid dienone is 1. The Bertz CT molecular complexity index is 2060. The minimum atomic E-state index is -0.670. The lowest BCUT2D eigenvalue weighted by atomic mass is 9.96. The summed E-state index contributed by atoms with van der Waals surface area (Å²) < 4.78 is 14.1. The van der Waals surface area contributed by atoms with Crippen LogP contribution in [0.5, 0.6) is 5.75 Å². The van der Waals surface area contributed by atoms with E-state index in [9.17, 15) is 9.59 Å². The Labute approximate surface area is 264 Å². The van der Waals surface area contributed by atoms with Crippen LogP contribution in [0.1, 0.15) is 43.5 Å². The Balaban J connectivity index is 1.53. The van der Waals surface area contributed by atoms with Crippen molar-refractivity contribution in [2.24, 2.45) is 4.99 Å². The topological polar surface area (TPSA) is 69.9 Å². The third-order valence-corrected chi connectivity index (χ3v) is 9.19. The maximum absolute atomic E-state index is 14.3. The van der Waals surface area contributed by atoms with Crippen molar-refractivity contribution in [3.63, 3.8) is 0 Å². The summed E-state index contributed by atoms with van der Waals surface area (Å²) >= 11 is 2.94. The van der Waals surface area contributed by atoms with Gasteiger partial charge < -0.3 is 9.47 Å². The highest BCUT2D eigenvalue weighted by atomic mass is 32.2. The smallest absolute Gasteiger partial charge is 0.338 e. The zero-order chi connectivity index (χ0) is 30.8. The molecule has 0 saturated heterocycles. The van der Waals surface area contributed by atoms with Crippen LogP contribution in [0.2, 0.25) is 0 Å². The fourth-order valence-electron chi connectivity index (χ4n) is 5.38. The molecule has 1 aliphatic rings. The van der Waals surface area contributed by atoms with E-state index in [1.807, 2.05) is 117 Å². The average Bonchev–Trinajstić information content (AvgIpc) is 3.33. The molecular formula is C36H32N2O4S2. The Hall–Kier alpha value is -4.40. The molecule has 0 unspecified atom stereocenters. The van der Waals surface area contributed by atoms with Gasteiger partial charge in [-0.3, -0.25) is 9.36 Å². The standard InChI is InChI=1S/C36H32N2O4S2/c1-22(2)42-35(40)32-23(3)37-36-38(33(32)26-14-17-27(43-4)18-15-26)34(39)31(44-36)20-29-28-13-9-8-12-25(28)16-19-30(29)41-21-24-10-6-5-7-11-24/h5-20,22,33H,21H2,1-4H3/b31-20-/t33-/m0/s1. The zero-order valence-corrected chi connectivity index (χ0v) is 26.6. The summed E-state index contributed by atoms with van der Waals surface area (Å²) in [6, 6.07) is 29.3. The van der Waals surface area contributed by atoms with Crippen molar-refractivity contribution in [1.29, 1.82) is 0 Å². The molecule has 0 fully saturated rings. The van der Waals surface area contributed by atoms with Crippen LogP contribution in [-0.2, 0) is 16.1 Å². The summed E-state index contributed by atoms with van der Waals surface area (Å²) in [6.45, 7) is 5.82. The number of carbonyl (C=O) groups excluding carboxylic acids is 1. The highest BCUT2D eigenvalue weighted by molar-refractivity contribution is 7.98. The van der Waals surface area contributed by atoms with Gasteiger partial charge in [0.1, 0.15) is 12.4 Å². The first-order valence-corrected chi connectivity index (χ1v) is 16.4. The van der Waals surface area contributed by atoms with Crippen LogP contribution in [0, 0.1) is 0 Å². The number of ether oxygens (including phenoxy) is 2. The van der Waals surface area contributed by atoms with Gasteiger partial charge >= 0.3 is 5.97 Å². The Morgan fingerprint density at radius 1 is 1.00 bits per heavy atom. The third-order valence-electron chi connectivity index (χ3n) is 7.46. The molecule has 0 spiro atoms. The fourth-order valence-corrected chi connectivity index (χ4v) is 6.82. The number of esters is 1. The second-order valence-corrected chi connectivity index (χ2v) is 12.7. The van der Waals surface area contributed by atoms with Crippen molar-refractivity contribution in [3.05, 3.63) is 139 Å². The molecular weight excluding hydrogens is 589 g/mol. The number of rotatable bonds is 8. The molecule has 1 aromatic heterocycles. The van der Waals surface area contributed by atoms with E-state index in [0.29, 0.717) is 33.0 Å². The maximum Gasteiger partial charge on any atom is 0.338 e. The van der Waals surface area contributed by atoms with Gasteiger partial charge in [0.05, 0.1) is 27.9 Å². The molecule has 8 heteroatoms. The van der Waals surface area contributed by atoms with Crippen LogP contribution in [0.4, 0.5) is 0 Å². The van der Waals surface area contributed by atoms with Gasteiger partial charge in [-0.15, -0.1) is 11.8 Å². The molecule has 5 aromatic rings. The van der Waals surface area contributed by atoms with Crippen LogP contribution in [-0.4, -0.2) is 22.9 Å². The summed E-state index contributed by atoms with van der Waals surface area (Å²) in [6.07, 6.45) is 3.59. The van der Waals surface area contributed by atoms with Gasteiger partial charge in [0, 0.05) is 10.5 Å². The second kappa shape index (κ2) is 12.7. The Morgan fingerprint density at radius 3 is 2.45 bits per heavy atom. The summed E-state index contributed by atoms with van der Waals surface area (Å²) in [5, 5.41) is 2.02. The molecule has 44 heavy (non-hydrogen) atoms. The van der Waals surface area contributed by atoms with Crippen molar-refractivity contribution < 1.29 is 14.3 Å². The van der Waals surface area contributed by atoms with Gasteiger partial charge in [-0.1, -0.05) is 84.1 Å². The fraction of sp³-hybridized carbons (Fsp3) is 0.194. The Kier molecular flexibility index (Phi) is 8.55. The van der Waals surface area contributed by atoms with E-state index in [1.165, 1.54) is 11.3 Å². The number of thioether (sulfide) groups is 1. The minimum absolute atomic E-state index is 0.225. The number of hydrogen-bond donors (Lipinski definition) is 0. The molecule has 222 valence electrons. The van der Waals surface area contributed by atoms with Crippen molar-refractivity contribution in [3.8, 4) is 5.75 Å². The van der Waals surface area contributed by atoms with Crippen LogP contribution in [0.15, 0.2) is 117 Å². The van der Waals surface area contributed by atoms with E-state index >= 15 is 0 Å². The van der Waals surface area contributed by atoms with Gasteiger partial charge in [0.15, 0.2) is 4.80 Å². The molecule has 0 N–H and O–H groups in total. The number of nitrogens with zero attached hydrogens (tertiary/aromatic N) is 2. The molecule has 1 aliphatic heterocycles. The summed E-state index contributed by atoms with van der Waals surface area (Å²) in [5.41, 5.74) is 3.37. The lowest BCUT2D eigenvalue weighted by Gasteiger charge is -2.25. The monoisotopic (exact) mass is 620 g/mol. The lowest BCUT2D eigenvalue weighted by molar-refractivity contribution is -0.143. The quantitative estimate of drug-likeness (QED) is 0.144.